The van der Waals surface area contributed by atoms with Crippen molar-refractivity contribution in [2.75, 3.05) is 39.5 Å². The summed E-state index contributed by atoms with van der Waals surface area (Å²) in [5.41, 5.74) is 0.421. The Morgan fingerprint density at radius 2 is 2.12 bits per heavy atom. The highest BCUT2D eigenvalue weighted by Gasteiger charge is 2.24. The molecule has 6 nitrogen and oxygen atoms in total. The molecule has 7 heteroatoms. The number of carbonyl (C=O) groups is 1. The Kier molecular flexibility index (Phi) is 6.61. The van der Waals surface area contributed by atoms with Crippen LogP contribution in [0, 0.1) is 11.3 Å². The van der Waals surface area contributed by atoms with E-state index >= 15 is 0 Å². The molecule has 0 unspecified atom stereocenters. The van der Waals surface area contributed by atoms with E-state index in [1.807, 2.05) is 11.4 Å². The molecule has 1 amide bonds. The topological polar surface area (TPSA) is 74.6 Å². The number of nitrogens with zero attached hydrogens (tertiary/aromatic N) is 2. The molecule has 1 aromatic heterocycles. The largest absolute Gasteiger partial charge is 0.482 e. The molecule has 1 fully saturated rings. The Hall–Kier alpha value is -2.40. The van der Waals surface area contributed by atoms with Crippen molar-refractivity contribution in [1.82, 2.24) is 10.2 Å². The van der Waals surface area contributed by atoms with E-state index in [9.17, 15) is 4.79 Å². The highest BCUT2D eigenvalue weighted by molar-refractivity contribution is 7.10. The van der Waals surface area contributed by atoms with E-state index < -0.39 is 0 Å². The standard InChI is InChI=1S/C19H21N3O3S/c20-12-15-4-1-2-5-17(15)25-14-19(23)21-13-16(18-6-3-11-26-18)22-7-9-24-10-8-22/h1-6,11,16H,7-10,13-14H2,(H,21,23)/t16-/m1/s1. The second kappa shape index (κ2) is 9.34. The van der Waals surface area contributed by atoms with Gasteiger partial charge in [0.15, 0.2) is 6.61 Å². The van der Waals surface area contributed by atoms with E-state index in [1.54, 1.807) is 35.6 Å². The number of morpholine rings is 1. The van der Waals surface area contributed by atoms with E-state index in [2.05, 4.69) is 22.4 Å². The number of carbonyl (C=O) groups excluding carboxylic acids is 1. The number of hydrogen-bond donors (Lipinski definition) is 1. The molecule has 1 N–H and O–H groups in total. The fourth-order valence-electron chi connectivity index (χ4n) is 2.87. The second-order valence-electron chi connectivity index (χ2n) is 5.88. The Labute approximate surface area is 156 Å². The summed E-state index contributed by atoms with van der Waals surface area (Å²) < 4.78 is 10.9. The number of nitriles is 1. The maximum absolute atomic E-state index is 12.2. The zero-order valence-corrected chi connectivity index (χ0v) is 15.2. The van der Waals surface area contributed by atoms with Crippen LogP contribution in [-0.4, -0.2) is 50.3 Å². The zero-order valence-electron chi connectivity index (χ0n) is 14.4. The Balaban J connectivity index is 1.55. The lowest BCUT2D eigenvalue weighted by Gasteiger charge is -2.34. The zero-order chi connectivity index (χ0) is 18.2. The van der Waals surface area contributed by atoms with Crippen LogP contribution in [0.2, 0.25) is 0 Å². The van der Waals surface area contributed by atoms with Crippen molar-refractivity contribution in [2.45, 2.75) is 6.04 Å². The lowest BCUT2D eigenvalue weighted by molar-refractivity contribution is -0.123. The van der Waals surface area contributed by atoms with Crippen LogP contribution >= 0.6 is 11.3 Å². The number of para-hydroxylation sites is 1. The number of ether oxygens (including phenoxy) is 2. The average molecular weight is 371 g/mol. The predicted molar refractivity (Wildman–Crippen MR) is 99.1 cm³/mol. The fraction of sp³-hybridized carbons (Fsp3) is 0.368. The smallest absolute Gasteiger partial charge is 0.258 e. The molecule has 1 aliphatic rings. The minimum absolute atomic E-state index is 0.112. The van der Waals surface area contributed by atoms with Crippen LogP contribution in [-0.2, 0) is 9.53 Å². The summed E-state index contributed by atoms with van der Waals surface area (Å²) >= 11 is 1.69. The van der Waals surface area contributed by atoms with Crippen molar-refractivity contribution >= 4 is 17.2 Å². The second-order valence-corrected chi connectivity index (χ2v) is 6.86. The number of thiophene rings is 1. The van der Waals surface area contributed by atoms with E-state index in [4.69, 9.17) is 14.7 Å². The summed E-state index contributed by atoms with van der Waals surface area (Å²) in [6.07, 6.45) is 0. The molecule has 1 atom stereocenters. The van der Waals surface area contributed by atoms with Crippen molar-refractivity contribution in [3.8, 4) is 11.8 Å². The van der Waals surface area contributed by atoms with Crippen LogP contribution < -0.4 is 10.1 Å². The van der Waals surface area contributed by atoms with Gasteiger partial charge in [-0.15, -0.1) is 11.3 Å². The third-order valence-corrected chi connectivity index (χ3v) is 5.19. The number of hydrogen-bond acceptors (Lipinski definition) is 6. The third kappa shape index (κ3) is 4.82. The van der Waals surface area contributed by atoms with Crippen molar-refractivity contribution in [3.05, 3.63) is 52.2 Å². The first-order chi connectivity index (χ1) is 12.8. The van der Waals surface area contributed by atoms with Gasteiger partial charge in [0.05, 0.1) is 24.8 Å². The molecule has 26 heavy (non-hydrogen) atoms. The van der Waals surface area contributed by atoms with E-state index in [0.29, 0.717) is 31.1 Å². The highest BCUT2D eigenvalue weighted by atomic mass is 32.1. The number of rotatable bonds is 7. The van der Waals surface area contributed by atoms with Gasteiger partial charge >= 0.3 is 0 Å². The fourth-order valence-corrected chi connectivity index (χ4v) is 3.73. The lowest BCUT2D eigenvalue weighted by Crippen LogP contribution is -2.44. The summed E-state index contributed by atoms with van der Waals surface area (Å²) in [5, 5.41) is 14.1. The van der Waals surface area contributed by atoms with Gasteiger partial charge in [0.2, 0.25) is 0 Å². The van der Waals surface area contributed by atoms with Crippen LogP contribution in [0.5, 0.6) is 5.75 Å². The first-order valence-electron chi connectivity index (χ1n) is 8.52. The molecule has 3 rings (SSSR count). The van der Waals surface area contributed by atoms with Crippen LogP contribution in [0.3, 0.4) is 0 Å². The monoisotopic (exact) mass is 371 g/mol. The Bertz CT molecular complexity index is 752. The first-order valence-corrected chi connectivity index (χ1v) is 9.39. The number of amides is 1. The molecule has 1 aromatic carbocycles. The Morgan fingerprint density at radius 3 is 2.85 bits per heavy atom. The number of nitrogens with one attached hydrogen (secondary N) is 1. The van der Waals surface area contributed by atoms with Crippen molar-refractivity contribution in [3.63, 3.8) is 0 Å². The summed E-state index contributed by atoms with van der Waals surface area (Å²) in [6, 6.07) is 13.2. The summed E-state index contributed by atoms with van der Waals surface area (Å²) in [7, 11) is 0. The molecule has 2 aromatic rings. The van der Waals surface area contributed by atoms with Crippen LogP contribution in [0.15, 0.2) is 41.8 Å². The molecule has 1 aliphatic heterocycles. The van der Waals surface area contributed by atoms with Gasteiger partial charge in [-0.25, -0.2) is 0 Å². The van der Waals surface area contributed by atoms with Gasteiger partial charge in [-0.3, -0.25) is 9.69 Å². The minimum Gasteiger partial charge on any atom is -0.482 e. The predicted octanol–water partition coefficient (Wildman–Crippen LogP) is 2.19. The maximum Gasteiger partial charge on any atom is 0.258 e. The van der Waals surface area contributed by atoms with Gasteiger partial charge in [0.1, 0.15) is 11.8 Å². The molecule has 0 bridgehead atoms. The van der Waals surface area contributed by atoms with Gasteiger partial charge in [0.25, 0.3) is 5.91 Å². The minimum atomic E-state index is -0.201. The molecule has 2 heterocycles. The summed E-state index contributed by atoms with van der Waals surface area (Å²) in [5.74, 6) is 0.223. The molecule has 0 saturated carbocycles. The van der Waals surface area contributed by atoms with Gasteiger partial charge < -0.3 is 14.8 Å². The molecule has 1 saturated heterocycles. The summed E-state index contributed by atoms with van der Waals surface area (Å²) in [6.45, 7) is 3.53. The van der Waals surface area contributed by atoms with Crippen molar-refractivity contribution < 1.29 is 14.3 Å². The SMILES string of the molecule is N#Cc1ccccc1OCC(=O)NC[C@H](c1cccs1)N1CCOCC1. The lowest BCUT2D eigenvalue weighted by atomic mass is 10.2. The van der Waals surface area contributed by atoms with E-state index in [1.165, 1.54) is 4.88 Å². The van der Waals surface area contributed by atoms with E-state index in [0.717, 1.165) is 13.1 Å². The average Bonchev–Trinajstić information content (AvgIpc) is 3.22. The highest BCUT2D eigenvalue weighted by Crippen LogP contribution is 2.25. The first kappa shape index (κ1) is 18.4. The van der Waals surface area contributed by atoms with Crippen LogP contribution in [0.1, 0.15) is 16.5 Å². The molecule has 0 radical (unpaired) electrons. The quantitative estimate of drug-likeness (QED) is 0.808. The summed E-state index contributed by atoms with van der Waals surface area (Å²) in [4.78, 5) is 15.8. The Morgan fingerprint density at radius 1 is 1.31 bits per heavy atom. The van der Waals surface area contributed by atoms with Gasteiger partial charge in [0, 0.05) is 24.5 Å². The maximum atomic E-state index is 12.2. The van der Waals surface area contributed by atoms with Gasteiger partial charge in [-0.05, 0) is 23.6 Å². The van der Waals surface area contributed by atoms with Gasteiger partial charge in [-0.1, -0.05) is 18.2 Å². The van der Waals surface area contributed by atoms with E-state index in [-0.39, 0.29) is 18.6 Å². The molecule has 0 aliphatic carbocycles. The molecule has 0 spiro atoms. The van der Waals surface area contributed by atoms with Crippen molar-refractivity contribution in [2.24, 2.45) is 0 Å². The van der Waals surface area contributed by atoms with Gasteiger partial charge in [-0.2, -0.15) is 5.26 Å². The third-order valence-electron chi connectivity index (χ3n) is 4.22. The molecule has 136 valence electrons. The number of benzene rings is 1. The molecular formula is C19H21N3O3S. The van der Waals surface area contributed by atoms with Crippen molar-refractivity contribution in [1.29, 1.82) is 5.26 Å². The van der Waals surface area contributed by atoms with Crippen LogP contribution in [0.25, 0.3) is 0 Å². The van der Waals surface area contributed by atoms with Crippen LogP contribution in [0.4, 0.5) is 0 Å². The normalized spacial score (nSPS) is 15.8. The molecular weight excluding hydrogens is 350 g/mol.